The first-order valence-corrected chi connectivity index (χ1v) is 12.7. The molecule has 0 aromatic heterocycles. The molecule has 0 saturated heterocycles. The normalized spacial score (nSPS) is 10.9. The number of amides is 4. The lowest BCUT2D eigenvalue weighted by molar-refractivity contribution is -0.166. The number of nitrogens with one attached hydrogen (secondary N) is 2. The molecular formula is C23H44N6O7. The summed E-state index contributed by atoms with van der Waals surface area (Å²) < 4.78 is 0. The second kappa shape index (κ2) is 22.7. The number of hydrogen-bond acceptors (Lipinski definition) is 9. The van der Waals surface area contributed by atoms with E-state index in [0.29, 0.717) is 61.9 Å². The van der Waals surface area contributed by atoms with Crippen molar-refractivity contribution in [3.8, 4) is 0 Å². The van der Waals surface area contributed by atoms with Gasteiger partial charge in [-0.1, -0.05) is 6.42 Å². The van der Waals surface area contributed by atoms with Gasteiger partial charge in [-0.2, -0.15) is 0 Å². The summed E-state index contributed by atoms with van der Waals surface area (Å²) in [5, 5.41) is 37.3. The highest BCUT2D eigenvalue weighted by atomic mass is 16.5. The SMILES string of the molecule is NCCCCCN(O)C(=O)CCC(=O)NCCCCCN(O)C(=O)CCC(=O)NCCCCC=NO. The van der Waals surface area contributed by atoms with E-state index in [0.717, 1.165) is 25.7 Å². The fourth-order valence-corrected chi connectivity index (χ4v) is 3.15. The molecule has 36 heavy (non-hydrogen) atoms. The Morgan fingerprint density at radius 1 is 0.694 bits per heavy atom. The highest BCUT2D eigenvalue weighted by molar-refractivity contribution is 5.83. The monoisotopic (exact) mass is 516 g/mol. The van der Waals surface area contributed by atoms with E-state index in [1.54, 1.807) is 0 Å². The molecule has 0 radical (unpaired) electrons. The molecule has 13 heteroatoms. The zero-order valence-corrected chi connectivity index (χ0v) is 21.2. The van der Waals surface area contributed by atoms with Crippen LogP contribution in [0.3, 0.4) is 0 Å². The zero-order chi connectivity index (χ0) is 27.0. The van der Waals surface area contributed by atoms with Crippen molar-refractivity contribution in [2.45, 2.75) is 83.5 Å². The van der Waals surface area contributed by atoms with Gasteiger partial charge in [0.05, 0.1) is 0 Å². The molecule has 0 aliphatic heterocycles. The van der Waals surface area contributed by atoms with Crippen LogP contribution < -0.4 is 16.4 Å². The Morgan fingerprint density at radius 3 is 1.64 bits per heavy atom. The Morgan fingerprint density at radius 2 is 1.17 bits per heavy atom. The van der Waals surface area contributed by atoms with Gasteiger partial charge in [0.25, 0.3) is 0 Å². The van der Waals surface area contributed by atoms with E-state index in [1.807, 2.05) is 0 Å². The Kier molecular flexibility index (Phi) is 20.9. The van der Waals surface area contributed by atoms with Crippen molar-refractivity contribution < 1.29 is 34.8 Å². The van der Waals surface area contributed by atoms with E-state index in [-0.39, 0.29) is 50.6 Å². The summed E-state index contributed by atoms with van der Waals surface area (Å²) in [4.78, 5) is 47.3. The smallest absolute Gasteiger partial charge is 0.246 e. The van der Waals surface area contributed by atoms with Crippen molar-refractivity contribution in [1.29, 1.82) is 0 Å². The zero-order valence-electron chi connectivity index (χ0n) is 21.2. The number of oxime groups is 1. The molecule has 0 bridgehead atoms. The minimum Gasteiger partial charge on any atom is -0.411 e. The molecule has 0 fully saturated rings. The maximum atomic E-state index is 11.9. The molecule has 0 aromatic rings. The molecule has 0 spiro atoms. The summed E-state index contributed by atoms with van der Waals surface area (Å²) in [5.41, 5.74) is 5.39. The van der Waals surface area contributed by atoms with Gasteiger partial charge in [0.15, 0.2) is 0 Å². The predicted molar refractivity (Wildman–Crippen MR) is 132 cm³/mol. The first kappa shape index (κ1) is 33.2. The van der Waals surface area contributed by atoms with Crippen LogP contribution in [0.1, 0.15) is 83.5 Å². The number of nitrogens with two attached hydrogens (primary N) is 1. The molecular weight excluding hydrogens is 472 g/mol. The summed E-state index contributed by atoms with van der Waals surface area (Å²) >= 11 is 0. The van der Waals surface area contributed by atoms with Crippen LogP contribution >= 0.6 is 0 Å². The molecule has 13 nitrogen and oxygen atoms in total. The quantitative estimate of drug-likeness (QED) is 0.0404. The van der Waals surface area contributed by atoms with Crippen LogP contribution in [0.25, 0.3) is 0 Å². The van der Waals surface area contributed by atoms with Crippen LogP contribution in [0.5, 0.6) is 0 Å². The number of carbonyl (C=O) groups excluding carboxylic acids is 4. The number of hydrogen-bond donors (Lipinski definition) is 6. The standard InChI is InChI=1S/C23H44N6O7/c24-14-4-1-8-18-28(35)22(32)12-11-21(31)26-16-6-3-9-19-29(36)23(33)13-10-20(30)25-15-5-2-7-17-27-34/h17,34-36H,1-16,18-19,24H2,(H,25,30)(H,26,31). The summed E-state index contributed by atoms with van der Waals surface area (Å²) in [7, 11) is 0. The van der Waals surface area contributed by atoms with Crippen molar-refractivity contribution in [2.24, 2.45) is 10.9 Å². The van der Waals surface area contributed by atoms with Crippen molar-refractivity contribution in [2.75, 3.05) is 32.7 Å². The van der Waals surface area contributed by atoms with Gasteiger partial charge in [-0.3, -0.25) is 29.6 Å². The minimum atomic E-state index is -0.528. The van der Waals surface area contributed by atoms with E-state index in [4.69, 9.17) is 10.9 Å². The average molecular weight is 517 g/mol. The van der Waals surface area contributed by atoms with Crippen molar-refractivity contribution >= 4 is 29.8 Å². The van der Waals surface area contributed by atoms with Crippen LogP contribution in [-0.2, 0) is 19.2 Å². The highest BCUT2D eigenvalue weighted by Gasteiger charge is 2.14. The van der Waals surface area contributed by atoms with Crippen LogP contribution in [0.4, 0.5) is 0 Å². The third kappa shape index (κ3) is 19.5. The van der Waals surface area contributed by atoms with Gasteiger partial charge in [-0.15, -0.1) is 5.16 Å². The maximum Gasteiger partial charge on any atom is 0.246 e. The fourth-order valence-electron chi connectivity index (χ4n) is 3.15. The lowest BCUT2D eigenvalue weighted by Crippen LogP contribution is -2.31. The molecule has 0 aliphatic rings. The topological polar surface area (TPSA) is 198 Å². The van der Waals surface area contributed by atoms with Crippen LogP contribution in [0, 0.1) is 0 Å². The van der Waals surface area contributed by atoms with Gasteiger partial charge in [-0.25, -0.2) is 10.1 Å². The van der Waals surface area contributed by atoms with Crippen molar-refractivity contribution in [3.63, 3.8) is 0 Å². The summed E-state index contributed by atoms with van der Waals surface area (Å²) in [5.74, 6) is -1.57. The molecule has 0 unspecified atom stereocenters. The Hall–Kier alpha value is -2.77. The van der Waals surface area contributed by atoms with E-state index in [1.165, 1.54) is 6.21 Å². The summed E-state index contributed by atoms with van der Waals surface area (Å²) in [6, 6.07) is 0. The number of nitrogens with zero attached hydrogens (tertiary/aromatic N) is 3. The van der Waals surface area contributed by atoms with E-state index in [9.17, 15) is 29.6 Å². The van der Waals surface area contributed by atoms with Gasteiger partial charge in [0.1, 0.15) is 0 Å². The van der Waals surface area contributed by atoms with Crippen LogP contribution in [0.2, 0.25) is 0 Å². The first-order chi connectivity index (χ1) is 17.3. The molecule has 4 amide bonds. The van der Waals surface area contributed by atoms with Gasteiger partial charge in [0.2, 0.25) is 23.6 Å². The van der Waals surface area contributed by atoms with Gasteiger partial charge in [-0.05, 0) is 57.9 Å². The molecule has 208 valence electrons. The number of rotatable bonds is 22. The van der Waals surface area contributed by atoms with Gasteiger partial charge < -0.3 is 21.6 Å². The fraction of sp³-hybridized carbons (Fsp3) is 0.783. The molecule has 0 heterocycles. The lowest BCUT2D eigenvalue weighted by Gasteiger charge is -2.15. The third-order valence-electron chi connectivity index (χ3n) is 5.31. The van der Waals surface area contributed by atoms with Crippen molar-refractivity contribution in [1.82, 2.24) is 20.8 Å². The second-order valence-electron chi connectivity index (χ2n) is 8.44. The maximum absolute atomic E-state index is 11.9. The number of hydroxylamine groups is 4. The average Bonchev–Trinajstić information content (AvgIpc) is 2.87. The Bertz CT molecular complexity index is 663. The molecule has 0 atom stereocenters. The summed E-state index contributed by atoms with van der Waals surface area (Å²) in [6.45, 7) is 1.80. The first-order valence-electron chi connectivity index (χ1n) is 12.7. The minimum absolute atomic E-state index is 0.00907. The third-order valence-corrected chi connectivity index (χ3v) is 5.31. The molecule has 0 saturated carbocycles. The van der Waals surface area contributed by atoms with Gasteiger partial charge >= 0.3 is 0 Å². The number of unbranched alkanes of at least 4 members (excludes halogenated alkanes) is 6. The number of carbonyl (C=O) groups is 4. The Balaban J connectivity index is 3.74. The van der Waals surface area contributed by atoms with Crippen LogP contribution in [0.15, 0.2) is 5.16 Å². The molecule has 0 rings (SSSR count). The Labute approximate surface area is 213 Å². The van der Waals surface area contributed by atoms with E-state index in [2.05, 4.69) is 15.8 Å². The highest BCUT2D eigenvalue weighted by Crippen LogP contribution is 2.03. The predicted octanol–water partition coefficient (Wildman–Crippen LogP) is 1.14. The second-order valence-corrected chi connectivity index (χ2v) is 8.44. The summed E-state index contributed by atoms with van der Waals surface area (Å²) in [6.07, 6.45) is 7.48. The molecule has 7 N–H and O–H groups in total. The largest absolute Gasteiger partial charge is 0.411 e. The van der Waals surface area contributed by atoms with E-state index >= 15 is 0 Å². The molecule has 0 aliphatic carbocycles. The van der Waals surface area contributed by atoms with Gasteiger partial charge in [0, 0.05) is 58.1 Å². The molecule has 0 aromatic carbocycles. The van der Waals surface area contributed by atoms with E-state index < -0.39 is 11.8 Å². The lowest BCUT2D eigenvalue weighted by atomic mass is 10.2. The van der Waals surface area contributed by atoms with Crippen molar-refractivity contribution in [3.05, 3.63) is 0 Å². The van der Waals surface area contributed by atoms with Crippen LogP contribution in [-0.4, -0.2) is 88.3 Å².